The monoisotopic (exact) mass is 372 g/mol. The van der Waals surface area contributed by atoms with Crippen molar-refractivity contribution in [3.63, 3.8) is 0 Å². The Kier molecular flexibility index (Phi) is 6.96. The molecule has 1 aromatic heterocycles. The Labute approximate surface area is 162 Å². The summed E-state index contributed by atoms with van der Waals surface area (Å²) in [6, 6.07) is 4.38. The van der Waals surface area contributed by atoms with E-state index in [9.17, 15) is 0 Å². The number of hydrogen-bond donors (Lipinski definition) is 2. The van der Waals surface area contributed by atoms with Crippen LogP contribution in [0.4, 0.5) is 11.8 Å². The van der Waals surface area contributed by atoms with Gasteiger partial charge in [0, 0.05) is 24.0 Å². The molecule has 2 aromatic rings. The number of rotatable bonds is 10. The summed E-state index contributed by atoms with van der Waals surface area (Å²) in [4.78, 5) is 9.50. The van der Waals surface area contributed by atoms with E-state index in [2.05, 4.69) is 17.6 Å². The number of unbranched alkanes of at least 4 members (excludes halogenated alkanes) is 3. The molecule has 6 nitrogen and oxygen atoms in total. The van der Waals surface area contributed by atoms with E-state index in [1.165, 1.54) is 44.9 Å². The van der Waals surface area contributed by atoms with Crippen LogP contribution in [0.15, 0.2) is 12.1 Å². The Hall–Kier alpha value is -2.24. The van der Waals surface area contributed by atoms with Gasteiger partial charge in [-0.15, -0.1) is 0 Å². The fourth-order valence-corrected chi connectivity index (χ4v) is 3.66. The van der Waals surface area contributed by atoms with Gasteiger partial charge in [0.1, 0.15) is 5.82 Å². The minimum absolute atomic E-state index is 0.480. The molecule has 1 aromatic carbocycles. The Balaban J connectivity index is 1.88. The SMILES string of the molecule is CCCCCCNc1nc(NC2CCCC2)c2cc(OC)c(OC)cc2n1. The Morgan fingerprint density at radius 3 is 2.44 bits per heavy atom. The molecule has 0 saturated heterocycles. The minimum atomic E-state index is 0.480. The Bertz CT molecular complexity index is 745. The number of benzene rings is 1. The highest BCUT2D eigenvalue weighted by molar-refractivity contribution is 5.92. The Morgan fingerprint density at radius 2 is 1.74 bits per heavy atom. The highest BCUT2D eigenvalue weighted by Crippen LogP contribution is 2.35. The van der Waals surface area contributed by atoms with Crippen LogP contribution in [-0.4, -0.2) is 36.8 Å². The summed E-state index contributed by atoms with van der Waals surface area (Å²) < 4.78 is 10.9. The maximum atomic E-state index is 5.48. The molecular formula is C21H32N4O2. The second-order valence-corrected chi connectivity index (χ2v) is 7.23. The molecule has 0 unspecified atom stereocenters. The number of nitrogens with zero attached hydrogens (tertiary/aromatic N) is 2. The van der Waals surface area contributed by atoms with Crippen molar-refractivity contribution in [1.29, 1.82) is 0 Å². The summed E-state index contributed by atoms with van der Waals surface area (Å²) in [5, 5.41) is 8.00. The van der Waals surface area contributed by atoms with Gasteiger partial charge in [-0.2, -0.15) is 4.98 Å². The van der Waals surface area contributed by atoms with E-state index < -0.39 is 0 Å². The van der Waals surface area contributed by atoms with Gasteiger partial charge in [0.2, 0.25) is 5.95 Å². The van der Waals surface area contributed by atoms with Gasteiger partial charge >= 0.3 is 0 Å². The molecule has 0 radical (unpaired) electrons. The molecule has 1 heterocycles. The molecule has 1 saturated carbocycles. The maximum Gasteiger partial charge on any atom is 0.225 e. The van der Waals surface area contributed by atoms with Gasteiger partial charge in [0.25, 0.3) is 0 Å². The topological polar surface area (TPSA) is 68.3 Å². The average molecular weight is 373 g/mol. The zero-order chi connectivity index (χ0) is 19.1. The first kappa shape index (κ1) is 19.5. The first-order valence-electron chi connectivity index (χ1n) is 10.2. The minimum Gasteiger partial charge on any atom is -0.493 e. The normalized spacial score (nSPS) is 14.5. The molecule has 3 rings (SSSR count). The molecule has 148 valence electrons. The first-order chi connectivity index (χ1) is 13.2. The quantitative estimate of drug-likeness (QED) is 0.573. The van der Waals surface area contributed by atoms with Gasteiger partial charge in [-0.1, -0.05) is 39.0 Å². The third-order valence-electron chi connectivity index (χ3n) is 5.21. The highest BCUT2D eigenvalue weighted by atomic mass is 16.5. The zero-order valence-electron chi connectivity index (χ0n) is 16.8. The van der Waals surface area contributed by atoms with Crippen molar-refractivity contribution in [1.82, 2.24) is 9.97 Å². The van der Waals surface area contributed by atoms with E-state index >= 15 is 0 Å². The van der Waals surface area contributed by atoms with Crippen molar-refractivity contribution in [2.75, 3.05) is 31.4 Å². The third-order valence-corrected chi connectivity index (χ3v) is 5.21. The third kappa shape index (κ3) is 4.93. The van der Waals surface area contributed by atoms with E-state index in [1.54, 1.807) is 14.2 Å². The lowest BCUT2D eigenvalue weighted by atomic mass is 10.2. The Morgan fingerprint density at radius 1 is 1.00 bits per heavy atom. The largest absolute Gasteiger partial charge is 0.493 e. The summed E-state index contributed by atoms with van der Waals surface area (Å²) in [5.41, 5.74) is 0.860. The molecule has 6 heteroatoms. The fourth-order valence-electron chi connectivity index (χ4n) is 3.66. The fraction of sp³-hybridized carbons (Fsp3) is 0.619. The standard InChI is InChI=1S/C21H32N4O2/c1-4-5-6-9-12-22-21-24-17-14-19(27-3)18(26-2)13-16(17)20(25-21)23-15-10-7-8-11-15/h13-15H,4-12H2,1-3H3,(H2,22,23,24,25). The smallest absolute Gasteiger partial charge is 0.225 e. The number of methoxy groups -OCH3 is 2. The number of hydrogen-bond acceptors (Lipinski definition) is 6. The van der Waals surface area contributed by atoms with Crippen molar-refractivity contribution < 1.29 is 9.47 Å². The van der Waals surface area contributed by atoms with Crippen molar-refractivity contribution in [2.24, 2.45) is 0 Å². The van der Waals surface area contributed by atoms with E-state index in [1.807, 2.05) is 12.1 Å². The lowest BCUT2D eigenvalue weighted by Crippen LogP contribution is -2.17. The number of aromatic nitrogens is 2. The van der Waals surface area contributed by atoms with Crippen LogP contribution in [0.3, 0.4) is 0 Å². The van der Waals surface area contributed by atoms with Crippen molar-refractivity contribution in [3.05, 3.63) is 12.1 Å². The van der Waals surface area contributed by atoms with Crippen molar-refractivity contribution in [3.8, 4) is 11.5 Å². The van der Waals surface area contributed by atoms with Crippen molar-refractivity contribution >= 4 is 22.7 Å². The molecule has 1 fully saturated rings. The molecule has 2 N–H and O–H groups in total. The van der Waals surface area contributed by atoms with Gasteiger partial charge in [-0.05, 0) is 25.3 Å². The predicted molar refractivity (Wildman–Crippen MR) is 111 cm³/mol. The van der Waals surface area contributed by atoms with Gasteiger partial charge in [0.15, 0.2) is 11.5 Å². The zero-order valence-corrected chi connectivity index (χ0v) is 16.8. The second kappa shape index (κ2) is 9.62. The number of ether oxygens (including phenoxy) is 2. The van der Waals surface area contributed by atoms with Crippen LogP contribution in [0.5, 0.6) is 11.5 Å². The van der Waals surface area contributed by atoms with E-state index in [4.69, 9.17) is 19.4 Å². The predicted octanol–water partition coefficient (Wildman–Crippen LogP) is 4.99. The highest BCUT2D eigenvalue weighted by Gasteiger charge is 2.19. The lowest BCUT2D eigenvalue weighted by Gasteiger charge is -2.17. The van der Waals surface area contributed by atoms with E-state index in [-0.39, 0.29) is 0 Å². The molecule has 0 aliphatic heterocycles. The average Bonchev–Trinajstić information content (AvgIpc) is 3.20. The van der Waals surface area contributed by atoms with Crippen molar-refractivity contribution in [2.45, 2.75) is 64.3 Å². The number of anilines is 2. The van der Waals surface area contributed by atoms with Crippen LogP contribution in [-0.2, 0) is 0 Å². The van der Waals surface area contributed by atoms with Gasteiger partial charge < -0.3 is 20.1 Å². The summed E-state index contributed by atoms with van der Waals surface area (Å²) in [7, 11) is 3.30. The molecule has 0 bridgehead atoms. The number of nitrogens with one attached hydrogen (secondary N) is 2. The molecule has 27 heavy (non-hydrogen) atoms. The van der Waals surface area contributed by atoms with Crippen LogP contribution in [0.2, 0.25) is 0 Å². The lowest BCUT2D eigenvalue weighted by molar-refractivity contribution is 0.356. The van der Waals surface area contributed by atoms with Gasteiger partial charge in [-0.3, -0.25) is 0 Å². The molecule has 0 atom stereocenters. The van der Waals surface area contributed by atoms with Crippen LogP contribution < -0.4 is 20.1 Å². The molecule has 0 spiro atoms. The number of fused-ring (bicyclic) bond motifs is 1. The summed E-state index contributed by atoms with van der Waals surface area (Å²) in [6.07, 6.45) is 9.81. The summed E-state index contributed by atoms with van der Waals surface area (Å²) in [5.74, 6) is 2.93. The van der Waals surface area contributed by atoms with E-state index in [0.717, 1.165) is 29.7 Å². The van der Waals surface area contributed by atoms with Gasteiger partial charge in [-0.25, -0.2) is 4.98 Å². The van der Waals surface area contributed by atoms with Crippen LogP contribution >= 0.6 is 0 Å². The molecule has 1 aliphatic rings. The second-order valence-electron chi connectivity index (χ2n) is 7.23. The molecular weight excluding hydrogens is 340 g/mol. The molecule has 1 aliphatic carbocycles. The van der Waals surface area contributed by atoms with E-state index in [0.29, 0.717) is 23.5 Å². The molecule has 0 amide bonds. The van der Waals surface area contributed by atoms with Crippen LogP contribution in [0.25, 0.3) is 10.9 Å². The van der Waals surface area contributed by atoms with Crippen LogP contribution in [0.1, 0.15) is 58.3 Å². The summed E-state index contributed by atoms with van der Waals surface area (Å²) in [6.45, 7) is 3.12. The maximum absolute atomic E-state index is 5.48. The van der Waals surface area contributed by atoms with Gasteiger partial charge in [0.05, 0.1) is 19.7 Å². The summed E-state index contributed by atoms with van der Waals surface area (Å²) >= 11 is 0. The first-order valence-corrected chi connectivity index (χ1v) is 10.2. The van der Waals surface area contributed by atoms with Crippen LogP contribution in [0, 0.1) is 0 Å².